The fourth-order valence-corrected chi connectivity index (χ4v) is 7.65. The number of nitrogen functional groups attached to an aromatic ring is 1. The number of aliphatic hydroxyl groups is 5. The Labute approximate surface area is 295 Å². The summed E-state index contributed by atoms with van der Waals surface area (Å²) in [6.07, 6.45) is -9.93. The minimum Gasteiger partial charge on any atom is -0.388 e. The van der Waals surface area contributed by atoms with Crippen LogP contribution in [0.5, 0.6) is 0 Å². The maximum Gasteiger partial charge on any atom is 0.481 e. The zero-order chi connectivity index (χ0) is 38.6. The van der Waals surface area contributed by atoms with E-state index in [1.165, 1.54) is 15.5 Å². The van der Waals surface area contributed by atoms with Crippen molar-refractivity contribution in [2.45, 2.75) is 63.2 Å². The van der Waals surface area contributed by atoms with Crippen LogP contribution in [0, 0.1) is 13.8 Å². The molecule has 0 amide bonds. The van der Waals surface area contributed by atoms with Crippen LogP contribution < -0.4 is 17.0 Å². The highest BCUT2D eigenvalue weighted by atomic mass is 31.3. The van der Waals surface area contributed by atoms with Gasteiger partial charge in [-0.2, -0.15) is 9.29 Å². The number of phosphoric ester groups is 2. The average Bonchev–Trinajstić information content (AvgIpc) is 3.63. The topological polar surface area (TPSA) is 363 Å². The van der Waals surface area contributed by atoms with E-state index in [1.807, 2.05) is 4.98 Å². The zero-order valence-corrected chi connectivity index (χ0v) is 29.3. The van der Waals surface area contributed by atoms with Gasteiger partial charge >= 0.3 is 21.3 Å². The minimum atomic E-state index is -5.54. The number of benzene rings is 1. The third kappa shape index (κ3) is 7.91. The molecule has 6 rings (SSSR count). The summed E-state index contributed by atoms with van der Waals surface area (Å²) in [6.45, 7) is 0.795. The van der Waals surface area contributed by atoms with Gasteiger partial charge in [0.15, 0.2) is 29.2 Å². The van der Waals surface area contributed by atoms with Gasteiger partial charge in [0.2, 0.25) is 0 Å². The Morgan fingerprint density at radius 3 is 2.42 bits per heavy atom. The summed E-state index contributed by atoms with van der Waals surface area (Å²) < 4.78 is 46.6. The van der Waals surface area contributed by atoms with E-state index in [9.17, 15) is 54.0 Å². The summed E-state index contributed by atoms with van der Waals surface area (Å²) in [4.78, 5) is 66.6. The number of imidazole rings is 1. The maximum absolute atomic E-state index is 12.5. The third-order valence-corrected chi connectivity index (χ3v) is 11.0. The van der Waals surface area contributed by atoms with Gasteiger partial charge in [-0.05, 0) is 37.1 Å². The lowest BCUT2D eigenvalue weighted by atomic mass is 10.1. The van der Waals surface area contributed by atoms with Crippen molar-refractivity contribution in [3.8, 4) is 11.5 Å². The molecule has 3 aliphatic heterocycles. The molecule has 1 fully saturated rings. The largest absolute Gasteiger partial charge is 0.481 e. The Morgan fingerprint density at radius 1 is 0.981 bits per heavy atom. The Kier molecular flexibility index (Phi) is 10.6. The minimum absolute atomic E-state index is 0.0293. The summed E-state index contributed by atoms with van der Waals surface area (Å²) in [5.74, 6) is -0.212. The zero-order valence-electron chi connectivity index (χ0n) is 27.5. The lowest BCUT2D eigenvalue weighted by Crippen LogP contribution is -2.42. The SMILES string of the molecule is Cc1cc2nc3c(=O)[nH]c(=O)nc-3n(C[C@@H](O)[C@@H](O)[C@H](O)COP(=O)(O)OP(=O)(O)OC[C@@H]3O[C@@H](n4cnc5c(N)ncnc54)[C@H](O)[C@H]3O)c2cc1C. The van der Waals surface area contributed by atoms with Gasteiger partial charge in [0.05, 0.1) is 37.1 Å². The van der Waals surface area contributed by atoms with Gasteiger partial charge in [-0.3, -0.25) is 23.4 Å². The van der Waals surface area contributed by atoms with E-state index in [1.54, 1.807) is 26.0 Å². The number of aryl methyl sites for hydroxylation is 2. The molecule has 1 saturated heterocycles. The predicted octanol–water partition coefficient (Wildman–Crippen LogP) is -2.42. The van der Waals surface area contributed by atoms with Gasteiger partial charge in [0.1, 0.15) is 48.5 Å². The van der Waals surface area contributed by atoms with Gasteiger partial charge < -0.3 is 50.4 Å². The normalized spacial score (nSPS) is 23.3. The molecule has 26 heteroatoms. The third-order valence-electron chi connectivity index (χ3n) is 8.40. The molecular formula is C27H33N9O15P2. The molecule has 0 radical (unpaired) electrons. The molecule has 2 unspecified atom stereocenters. The van der Waals surface area contributed by atoms with Gasteiger partial charge in [0.25, 0.3) is 5.56 Å². The summed E-state index contributed by atoms with van der Waals surface area (Å²) in [5.41, 5.74) is 6.11. The summed E-state index contributed by atoms with van der Waals surface area (Å²) >= 11 is 0. The van der Waals surface area contributed by atoms with E-state index >= 15 is 0 Å². The molecule has 0 spiro atoms. The number of nitrogens with one attached hydrogen (secondary N) is 1. The van der Waals surface area contributed by atoms with Crippen molar-refractivity contribution in [1.29, 1.82) is 0 Å². The number of aromatic amines is 1. The lowest BCUT2D eigenvalue weighted by molar-refractivity contribution is -0.0794. The second kappa shape index (κ2) is 14.6. The van der Waals surface area contributed by atoms with Crippen LogP contribution in [-0.2, 0) is 33.8 Å². The number of rotatable bonds is 13. The Balaban J connectivity index is 1.07. The highest BCUT2D eigenvalue weighted by molar-refractivity contribution is 7.61. The van der Waals surface area contributed by atoms with Crippen molar-refractivity contribution in [3.05, 3.63) is 56.8 Å². The van der Waals surface area contributed by atoms with Crippen LogP contribution in [0.1, 0.15) is 17.4 Å². The van der Waals surface area contributed by atoms with Crippen molar-refractivity contribution < 1.29 is 62.5 Å². The second-order valence-electron chi connectivity index (χ2n) is 12.1. The van der Waals surface area contributed by atoms with Gasteiger partial charge in [-0.1, -0.05) is 0 Å². The first kappa shape index (κ1) is 38.6. The molecule has 5 heterocycles. The van der Waals surface area contributed by atoms with Crippen LogP contribution in [0.15, 0.2) is 34.4 Å². The average molecular weight is 786 g/mol. The number of phosphoric acid groups is 2. The second-order valence-corrected chi connectivity index (χ2v) is 15.1. The molecule has 2 aromatic heterocycles. The summed E-state index contributed by atoms with van der Waals surface area (Å²) in [7, 11) is -11.0. The van der Waals surface area contributed by atoms with Crippen molar-refractivity contribution in [1.82, 2.24) is 39.0 Å². The monoisotopic (exact) mass is 785 g/mol. The van der Waals surface area contributed by atoms with E-state index in [0.717, 1.165) is 17.5 Å². The van der Waals surface area contributed by atoms with Crippen LogP contribution in [-0.4, -0.2) is 124 Å². The number of fused-ring (bicyclic) bond motifs is 3. The van der Waals surface area contributed by atoms with Crippen molar-refractivity contribution in [3.63, 3.8) is 0 Å². The predicted molar refractivity (Wildman–Crippen MR) is 177 cm³/mol. The van der Waals surface area contributed by atoms with Gasteiger partial charge in [-0.25, -0.2) is 33.9 Å². The van der Waals surface area contributed by atoms with Crippen LogP contribution in [0.3, 0.4) is 0 Å². The quantitative estimate of drug-likeness (QED) is 0.0443. The Bertz CT molecular complexity index is 2350. The molecule has 9 atom stereocenters. The van der Waals surface area contributed by atoms with E-state index < -0.39 is 89.5 Å². The first-order valence-corrected chi connectivity index (χ1v) is 18.4. The number of hydrogen-bond donors (Lipinski definition) is 9. The summed E-state index contributed by atoms with van der Waals surface area (Å²) in [6, 6.07) is 3.29. The molecule has 1 aromatic carbocycles. The van der Waals surface area contributed by atoms with Crippen molar-refractivity contribution >= 4 is 43.7 Å². The number of aliphatic hydroxyl groups excluding tert-OH is 5. The number of hydrogen-bond acceptors (Lipinski definition) is 19. The standard InChI is InChI=1S/C27H33N9O15P2/c1-10-3-12-13(4-11(10)2)35(24-18(32-12)25(42)34-27(43)33-24)5-14(37)19(39)15(38)6-48-52(44,45)51-53(46,47)49-7-16-20(40)21(41)26(50-16)36-9-31-17-22(28)29-8-30-23(17)36/h3-4,8-9,14-16,19-21,26,37-41H,5-7H2,1-2H3,(H,44,45)(H,46,47)(H2,28,29,30)(H,34,42,43)/t14-,15-,16+,19-,20+,21-,26-/m1/s1. The Hall–Kier alpha value is -4.13. The molecule has 0 saturated carbocycles. The lowest BCUT2D eigenvalue weighted by Gasteiger charge is -2.26. The maximum atomic E-state index is 12.5. The molecule has 3 aliphatic rings. The molecule has 0 bridgehead atoms. The molecule has 3 aromatic rings. The molecule has 53 heavy (non-hydrogen) atoms. The number of nitrogens with zero attached hydrogens (tertiary/aromatic N) is 7. The number of H-pyrrole nitrogens is 1. The van der Waals surface area contributed by atoms with Crippen LogP contribution >= 0.6 is 15.6 Å². The van der Waals surface area contributed by atoms with Crippen molar-refractivity contribution in [2.75, 3.05) is 18.9 Å². The highest BCUT2D eigenvalue weighted by Crippen LogP contribution is 2.60. The highest BCUT2D eigenvalue weighted by Gasteiger charge is 2.46. The first-order valence-electron chi connectivity index (χ1n) is 15.4. The molecular weight excluding hydrogens is 752 g/mol. The smallest absolute Gasteiger partial charge is 0.388 e. The van der Waals surface area contributed by atoms with Gasteiger partial charge in [-0.15, -0.1) is 0 Å². The number of ether oxygens (including phenoxy) is 1. The molecule has 24 nitrogen and oxygen atoms in total. The fraction of sp³-hybridized carbons (Fsp3) is 0.444. The first-order chi connectivity index (χ1) is 24.9. The summed E-state index contributed by atoms with van der Waals surface area (Å²) in [5, 5.41) is 53.0. The van der Waals surface area contributed by atoms with E-state index in [4.69, 9.17) is 15.0 Å². The van der Waals surface area contributed by atoms with Crippen LogP contribution in [0.2, 0.25) is 0 Å². The fourth-order valence-electron chi connectivity index (χ4n) is 5.55. The molecule has 286 valence electrons. The van der Waals surface area contributed by atoms with Crippen molar-refractivity contribution in [2.24, 2.45) is 0 Å². The number of nitrogens with two attached hydrogens (primary N) is 1. The van der Waals surface area contributed by atoms with Gasteiger partial charge in [0, 0.05) is 0 Å². The molecule has 10 N–H and O–H groups in total. The van der Waals surface area contributed by atoms with E-state index in [2.05, 4.69) is 33.8 Å². The van der Waals surface area contributed by atoms with Crippen LogP contribution in [0.25, 0.3) is 33.7 Å². The van der Waals surface area contributed by atoms with E-state index in [-0.39, 0.29) is 34.0 Å². The molecule has 0 aliphatic carbocycles. The van der Waals surface area contributed by atoms with E-state index in [0.29, 0.717) is 5.52 Å². The Morgan fingerprint density at radius 2 is 1.68 bits per heavy atom. The van der Waals surface area contributed by atoms with Crippen LogP contribution in [0.4, 0.5) is 5.82 Å². The number of aromatic nitrogens is 8. The number of anilines is 1.